The van der Waals surface area contributed by atoms with Crippen LogP contribution in [0, 0.1) is 0 Å². The maximum Gasteiger partial charge on any atom is 0.329 e. The zero-order chi connectivity index (χ0) is 18.2. The molecule has 7 nitrogen and oxygen atoms in total. The summed E-state index contributed by atoms with van der Waals surface area (Å²) < 4.78 is 5.02. The predicted octanol–water partition coefficient (Wildman–Crippen LogP) is 1.68. The SMILES string of the molecule is COc1ccc(C(O)C(NC(=O)NCc2ccccc2)C(=O)O)cc1. The van der Waals surface area contributed by atoms with Crippen LogP contribution in [0.25, 0.3) is 0 Å². The van der Waals surface area contributed by atoms with Gasteiger partial charge in [0.15, 0.2) is 6.04 Å². The van der Waals surface area contributed by atoms with Crippen molar-refractivity contribution < 1.29 is 24.5 Å². The monoisotopic (exact) mass is 344 g/mol. The van der Waals surface area contributed by atoms with Crippen LogP contribution in [0.4, 0.5) is 4.79 Å². The van der Waals surface area contributed by atoms with Crippen LogP contribution in [-0.4, -0.2) is 35.4 Å². The second kappa shape index (κ2) is 8.70. The first-order chi connectivity index (χ1) is 12.0. The van der Waals surface area contributed by atoms with E-state index in [2.05, 4.69) is 10.6 Å². The van der Waals surface area contributed by atoms with Gasteiger partial charge in [-0.2, -0.15) is 0 Å². The van der Waals surface area contributed by atoms with Gasteiger partial charge in [0, 0.05) is 6.54 Å². The van der Waals surface area contributed by atoms with Gasteiger partial charge in [0.25, 0.3) is 0 Å². The van der Waals surface area contributed by atoms with Crippen molar-refractivity contribution in [2.45, 2.75) is 18.7 Å². The van der Waals surface area contributed by atoms with Crippen molar-refractivity contribution >= 4 is 12.0 Å². The van der Waals surface area contributed by atoms with Crippen LogP contribution in [0.2, 0.25) is 0 Å². The van der Waals surface area contributed by atoms with Gasteiger partial charge in [0.05, 0.1) is 7.11 Å². The number of hydrogen-bond donors (Lipinski definition) is 4. The van der Waals surface area contributed by atoms with Crippen molar-refractivity contribution in [1.82, 2.24) is 10.6 Å². The van der Waals surface area contributed by atoms with Gasteiger partial charge in [0.2, 0.25) is 0 Å². The van der Waals surface area contributed by atoms with Crippen LogP contribution in [0.5, 0.6) is 5.75 Å². The van der Waals surface area contributed by atoms with E-state index in [1.165, 1.54) is 7.11 Å². The van der Waals surface area contributed by atoms with Crippen molar-refractivity contribution in [3.05, 3.63) is 65.7 Å². The summed E-state index contributed by atoms with van der Waals surface area (Å²) in [7, 11) is 1.50. The summed E-state index contributed by atoms with van der Waals surface area (Å²) in [5.74, 6) is -0.755. The molecule has 0 aromatic heterocycles. The molecule has 0 aliphatic heterocycles. The molecule has 2 aromatic carbocycles. The van der Waals surface area contributed by atoms with E-state index in [1.807, 2.05) is 30.3 Å². The number of rotatable bonds is 7. The van der Waals surface area contributed by atoms with E-state index >= 15 is 0 Å². The topological polar surface area (TPSA) is 108 Å². The molecule has 25 heavy (non-hydrogen) atoms. The zero-order valence-corrected chi connectivity index (χ0v) is 13.7. The second-order valence-electron chi connectivity index (χ2n) is 5.35. The number of benzene rings is 2. The van der Waals surface area contributed by atoms with Crippen LogP contribution in [0.15, 0.2) is 54.6 Å². The van der Waals surface area contributed by atoms with Crippen LogP contribution in [-0.2, 0) is 11.3 Å². The molecule has 4 N–H and O–H groups in total. The molecule has 0 aliphatic rings. The van der Waals surface area contributed by atoms with Crippen molar-refractivity contribution in [3.63, 3.8) is 0 Å². The highest BCUT2D eigenvalue weighted by atomic mass is 16.5. The van der Waals surface area contributed by atoms with E-state index < -0.39 is 24.1 Å². The zero-order valence-electron chi connectivity index (χ0n) is 13.7. The molecule has 0 fully saturated rings. The summed E-state index contributed by atoms with van der Waals surface area (Å²) in [6, 6.07) is 13.3. The number of aliphatic hydroxyl groups is 1. The molecule has 0 bridgehead atoms. The molecule has 2 rings (SSSR count). The minimum absolute atomic E-state index is 0.248. The van der Waals surface area contributed by atoms with Gasteiger partial charge in [-0.1, -0.05) is 42.5 Å². The predicted molar refractivity (Wildman–Crippen MR) is 91.2 cm³/mol. The number of methoxy groups -OCH3 is 1. The van der Waals surface area contributed by atoms with Crippen LogP contribution in [0.3, 0.4) is 0 Å². The van der Waals surface area contributed by atoms with E-state index in [-0.39, 0.29) is 6.54 Å². The third-order valence-electron chi connectivity index (χ3n) is 3.62. The average molecular weight is 344 g/mol. The van der Waals surface area contributed by atoms with Crippen molar-refractivity contribution in [2.75, 3.05) is 7.11 Å². The quantitative estimate of drug-likeness (QED) is 0.611. The number of aliphatic carboxylic acids is 1. The lowest BCUT2D eigenvalue weighted by molar-refractivity contribution is -0.142. The lowest BCUT2D eigenvalue weighted by atomic mass is 10.0. The first kappa shape index (κ1) is 18.3. The number of carbonyl (C=O) groups excluding carboxylic acids is 1. The minimum Gasteiger partial charge on any atom is -0.497 e. The molecule has 0 saturated carbocycles. The second-order valence-corrected chi connectivity index (χ2v) is 5.35. The molecule has 2 amide bonds. The Morgan fingerprint density at radius 3 is 2.28 bits per heavy atom. The Morgan fingerprint density at radius 2 is 1.72 bits per heavy atom. The van der Waals surface area contributed by atoms with Crippen LogP contribution < -0.4 is 15.4 Å². The Bertz CT molecular complexity index is 703. The Balaban J connectivity index is 1.99. The third kappa shape index (κ3) is 5.22. The van der Waals surface area contributed by atoms with E-state index in [0.29, 0.717) is 11.3 Å². The van der Waals surface area contributed by atoms with Crippen LogP contribution in [0.1, 0.15) is 17.2 Å². The Kier molecular flexibility index (Phi) is 6.36. The van der Waals surface area contributed by atoms with Crippen molar-refractivity contribution in [1.29, 1.82) is 0 Å². The number of urea groups is 1. The Labute approximate surface area is 145 Å². The maximum atomic E-state index is 12.0. The molecule has 0 spiro atoms. The molecule has 0 aliphatic carbocycles. The number of nitrogens with one attached hydrogen (secondary N) is 2. The first-order valence-corrected chi connectivity index (χ1v) is 7.64. The number of aliphatic hydroxyl groups excluding tert-OH is 1. The van der Waals surface area contributed by atoms with E-state index in [9.17, 15) is 19.8 Å². The molecular formula is C18H20N2O5. The normalized spacial score (nSPS) is 12.7. The molecule has 2 atom stereocenters. The van der Waals surface area contributed by atoms with Gasteiger partial charge in [0.1, 0.15) is 11.9 Å². The maximum absolute atomic E-state index is 12.0. The number of ether oxygens (including phenoxy) is 1. The third-order valence-corrected chi connectivity index (χ3v) is 3.62. The van der Waals surface area contributed by atoms with Gasteiger partial charge in [-0.15, -0.1) is 0 Å². The van der Waals surface area contributed by atoms with Gasteiger partial charge in [-0.05, 0) is 23.3 Å². The van der Waals surface area contributed by atoms with Crippen LogP contribution >= 0.6 is 0 Å². The summed E-state index contributed by atoms with van der Waals surface area (Å²) in [6.45, 7) is 0.248. The number of carbonyl (C=O) groups is 2. The van der Waals surface area contributed by atoms with Crippen molar-refractivity contribution in [2.24, 2.45) is 0 Å². The van der Waals surface area contributed by atoms with Gasteiger partial charge < -0.3 is 25.6 Å². The molecule has 2 aromatic rings. The number of amides is 2. The minimum atomic E-state index is -1.48. The van der Waals surface area contributed by atoms with E-state index in [4.69, 9.17) is 4.74 Å². The van der Waals surface area contributed by atoms with E-state index in [0.717, 1.165) is 5.56 Å². The standard InChI is InChI=1S/C18H20N2O5/c1-25-14-9-7-13(8-10-14)16(21)15(17(22)23)20-18(24)19-11-12-5-3-2-4-6-12/h2-10,15-16,21H,11H2,1H3,(H,22,23)(H2,19,20,24). The summed E-state index contributed by atoms with van der Waals surface area (Å²) in [4.78, 5) is 23.4. The smallest absolute Gasteiger partial charge is 0.329 e. The number of carboxylic acid groups (broad SMARTS) is 1. The van der Waals surface area contributed by atoms with Crippen molar-refractivity contribution in [3.8, 4) is 5.75 Å². The first-order valence-electron chi connectivity index (χ1n) is 7.64. The fraction of sp³-hybridized carbons (Fsp3) is 0.222. The molecule has 0 radical (unpaired) electrons. The van der Waals surface area contributed by atoms with Gasteiger partial charge in [-0.3, -0.25) is 0 Å². The van der Waals surface area contributed by atoms with Gasteiger partial charge >= 0.3 is 12.0 Å². The Morgan fingerprint density at radius 1 is 1.08 bits per heavy atom. The van der Waals surface area contributed by atoms with Gasteiger partial charge in [-0.25, -0.2) is 9.59 Å². The molecular weight excluding hydrogens is 324 g/mol. The highest BCUT2D eigenvalue weighted by molar-refractivity contribution is 5.83. The summed E-state index contributed by atoms with van der Waals surface area (Å²) >= 11 is 0. The summed E-state index contributed by atoms with van der Waals surface area (Å²) in [6.07, 6.45) is -1.40. The molecule has 0 saturated heterocycles. The molecule has 0 heterocycles. The molecule has 132 valence electrons. The highest BCUT2D eigenvalue weighted by Gasteiger charge is 2.29. The number of hydrogen-bond acceptors (Lipinski definition) is 4. The summed E-state index contributed by atoms with van der Waals surface area (Å²) in [5.41, 5.74) is 1.23. The lowest BCUT2D eigenvalue weighted by Gasteiger charge is -2.21. The largest absolute Gasteiger partial charge is 0.497 e. The molecule has 2 unspecified atom stereocenters. The average Bonchev–Trinajstić information content (AvgIpc) is 2.64. The molecule has 7 heteroatoms. The lowest BCUT2D eigenvalue weighted by Crippen LogP contribution is -2.48. The van der Waals surface area contributed by atoms with E-state index in [1.54, 1.807) is 24.3 Å². The number of carboxylic acids is 1. The summed E-state index contributed by atoms with van der Waals surface area (Å²) in [5, 5.41) is 24.4. The fourth-order valence-corrected chi connectivity index (χ4v) is 2.24. The Hall–Kier alpha value is -3.06. The fourth-order valence-electron chi connectivity index (χ4n) is 2.24. The highest BCUT2D eigenvalue weighted by Crippen LogP contribution is 2.20.